The molecule has 2 saturated carbocycles. The van der Waals surface area contributed by atoms with Crippen molar-refractivity contribution in [2.24, 2.45) is 17.8 Å². The molecular formula is C19H27NO3. The summed E-state index contributed by atoms with van der Waals surface area (Å²) in [5, 5.41) is 3.21. The van der Waals surface area contributed by atoms with E-state index in [9.17, 15) is 4.79 Å². The van der Waals surface area contributed by atoms with Crippen LogP contribution in [0, 0.1) is 17.8 Å². The van der Waals surface area contributed by atoms with Crippen molar-refractivity contribution in [3.8, 4) is 11.5 Å². The number of hydrogen-bond acceptors (Lipinski definition) is 3. The number of methoxy groups -OCH3 is 2. The zero-order valence-electron chi connectivity index (χ0n) is 14.3. The van der Waals surface area contributed by atoms with Crippen LogP contribution in [0.3, 0.4) is 0 Å². The lowest BCUT2D eigenvalue weighted by molar-refractivity contribution is -0.121. The van der Waals surface area contributed by atoms with Gasteiger partial charge in [-0.05, 0) is 50.0 Å². The molecule has 0 saturated heterocycles. The summed E-state index contributed by atoms with van der Waals surface area (Å²) >= 11 is 0. The van der Waals surface area contributed by atoms with Crippen LogP contribution >= 0.6 is 0 Å². The molecule has 1 aromatic carbocycles. The molecule has 0 spiro atoms. The maximum Gasteiger partial charge on any atom is 0.224 e. The van der Waals surface area contributed by atoms with Crippen molar-refractivity contribution in [1.82, 2.24) is 5.32 Å². The SMILES string of the molecule is COc1ccc(CC(=O)NC(C)C2CC3CCC2C3)c(OC)c1. The van der Waals surface area contributed by atoms with Crippen LogP contribution in [-0.2, 0) is 11.2 Å². The van der Waals surface area contributed by atoms with E-state index in [0.29, 0.717) is 18.1 Å². The molecule has 126 valence electrons. The molecule has 4 nitrogen and oxygen atoms in total. The van der Waals surface area contributed by atoms with Gasteiger partial charge in [0, 0.05) is 17.7 Å². The third-order valence-electron chi connectivity index (χ3n) is 5.67. The third-order valence-corrected chi connectivity index (χ3v) is 5.67. The average Bonchev–Trinajstić information content (AvgIpc) is 3.18. The van der Waals surface area contributed by atoms with Crippen molar-refractivity contribution in [3.05, 3.63) is 23.8 Å². The Morgan fingerprint density at radius 1 is 1.26 bits per heavy atom. The van der Waals surface area contributed by atoms with Crippen LogP contribution in [0.1, 0.15) is 38.2 Å². The Kier molecular flexibility index (Phi) is 4.79. The van der Waals surface area contributed by atoms with E-state index in [1.54, 1.807) is 14.2 Å². The first-order valence-electron chi connectivity index (χ1n) is 8.61. The molecule has 2 aliphatic carbocycles. The third kappa shape index (κ3) is 3.46. The second-order valence-corrected chi connectivity index (χ2v) is 7.05. The largest absolute Gasteiger partial charge is 0.497 e. The van der Waals surface area contributed by atoms with Crippen molar-refractivity contribution in [3.63, 3.8) is 0 Å². The minimum absolute atomic E-state index is 0.0729. The zero-order valence-corrected chi connectivity index (χ0v) is 14.3. The number of ether oxygens (including phenoxy) is 2. The molecule has 23 heavy (non-hydrogen) atoms. The quantitative estimate of drug-likeness (QED) is 0.876. The number of hydrogen-bond donors (Lipinski definition) is 1. The summed E-state index contributed by atoms with van der Waals surface area (Å²) in [5.41, 5.74) is 0.894. The number of benzene rings is 1. The second-order valence-electron chi connectivity index (χ2n) is 7.05. The lowest BCUT2D eigenvalue weighted by Crippen LogP contribution is -2.40. The van der Waals surface area contributed by atoms with Gasteiger partial charge in [0.05, 0.1) is 20.6 Å². The summed E-state index contributed by atoms with van der Waals surface area (Å²) in [7, 11) is 3.24. The Labute approximate surface area is 138 Å². The maximum atomic E-state index is 12.4. The molecule has 1 amide bonds. The molecule has 0 aromatic heterocycles. The smallest absolute Gasteiger partial charge is 0.224 e. The van der Waals surface area contributed by atoms with E-state index in [-0.39, 0.29) is 11.9 Å². The minimum atomic E-state index is 0.0729. The summed E-state index contributed by atoms with van der Waals surface area (Å²) in [6.07, 6.45) is 5.75. The van der Waals surface area contributed by atoms with Gasteiger partial charge in [-0.1, -0.05) is 12.5 Å². The molecule has 4 unspecified atom stereocenters. The van der Waals surface area contributed by atoms with E-state index in [2.05, 4.69) is 12.2 Å². The average molecular weight is 317 g/mol. The van der Waals surface area contributed by atoms with Gasteiger partial charge in [0.1, 0.15) is 11.5 Å². The maximum absolute atomic E-state index is 12.4. The van der Waals surface area contributed by atoms with Gasteiger partial charge in [0.2, 0.25) is 5.91 Å². The first-order chi connectivity index (χ1) is 11.1. The topological polar surface area (TPSA) is 47.6 Å². The number of amides is 1. The predicted molar refractivity (Wildman–Crippen MR) is 89.8 cm³/mol. The second kappa shape index (κ2) is 6.81. The van der Waals surface area contributed by atoms with Gasteiger partial charge in [-0.15, -0.1) is 0 Å². The molecule has 0 aliphatic heterocycles. The Hall–Kier alpha value is -1.71. The minimum Gasteiger partial charge on any atom is -0.497 e. The summed E-state index contributed by atoms with van der Waals surface area (Å²) in [6.45, 7) is 2.16. The van der Waals surface area contributed by atoms with Crippen molar-refractivity contribution < 1.29 is 14.3 Å². The molecule has 2 fully saturated rings. The standard InChI is InChI=1S/C19H27NO3/c1-12(17-9-13-4-5-14(17)8-13)20-19(21)10-15-6-7-16(22-2)11-18(15)23-3/h6-7,11-14,17H,4-5,8-10H2,1-3H3,(H,20,21). The van der Waals surface area contributed by atoms with Crippen molar-refractivity contribution in [2.75, 3.05) is 14.2 Å². The van der Waals surface area contributed by atoms with Gasteiger partial charge in [0.25, 0.3) is 0 Å². The van der Waals surface area contributed by atoms with Crippen LogP contribution in [0.4, 0.5) is 0 Å². The van der Waals surface area contributed by atoms with E-state index in [1.165, 1.54) is 25.7 Å². The Bertz CT molecular complexity index is 572. The molecular weight excluding hydrogens is 290 g/mol. The molecule has 0 heterocycles. The van der Waals surface area contributed by atoms with E-state index < -0.39 is 0 Å². The first-order valence-corrected chi connectivity index (χ1v) is 8.61. The number of fused-ring (bicyclic) bond motifs is 2. The van der Waals surface area contributed by atoms with Crippen LogP contribution in [0.25, 0.3) is 0 Å². The molecule has 0 radical (unpaired) electrons. The Morgan fingerprint density at radius 3 is 2.70 bits per heavy atom. The van der Waals surface area contributed by atoms with Crippen LogP contribution in [0.15, 0.2) is 18.2 Å². The zero-order chi connectivity index (χ0) is 16.4. The van der Waals surface area contributed by atoms with E-state index in [1.807, 2.05) is 18.2 Å². The lowest BCUT2D eigenvalue weighted by atomic mass is 9.84. The first kappa shape index (κ1) is 16.2. The summed E-state index contributed by atoms with van der Waals surface area (Å²) in [5.74, 6) is 3.91. The van der Waals surface area contributed by atoms with Gasteiger partial charge < -0.3 is 14.8 Å². The normalized spacial score (nSPS) is 26.8. The fourth-order valence-electron chi connectivity index (χ4n) is 4.49. The fourth-order valence-corrected chi connectivity index (χ4v) is 4.49. The fraction of sp³-hybridized carbons (Fsp3) is 0.632. The Balaban J connectivity index is 1.59. The highest BCUT2D eigenvalue weighted by Crippen LogP contribution is 2.49. The summed E-state index contributed by atoms with van der Waals surface area (Å²) in [4.78, 5) is 12.4. The van der Waals surface area contributed by atoms with Gasteiger partial charge in [-0.3, -0.25) is 4.79 Å². The van der Waals surface area contributed by atoms with Crippen LogP contribution < -0.4 is 14.8 Å². The van der Waals surface area contributed by atoms with Gasteiger partial charge >= 0.3 is 0 Å². The molecule has 2 aliphatic rings. The number of nitrogens with one attached hydrogen (secondary N) is 1. The van der Waals surface area contributed by atoms with Crippen molar-refractivity contribution in [2.45, 2.75) is 45.1 Å². The molecule has 1 aromatic rings. The highest BCUT2D eigenvalue weighted by atomic mass is 16.5. The van der Waals surface area contributed by atoms with Crippen LogP contribution in [-0.4, -0.2) is 26.2 Å². The molecule has 4 atom stereocenters. The summed E-state index contributed by atoms with van der Waals surface area (Å²) in [6, 6.07) is 5.85. The van der Waals surface area contributed by atoms with Gasteiger partial charge in [0.15, 0.2) is 0 Å². The molecule has 1 N–H and O–H groups in total. The molecule has 2 bridgehead atoms. The van der Waals surface area contributed by atoms with Gasteiger partial charge in [-0.25, -0.2) is 0 Å². The van der Waals surface area contributed by atoms with Crippen molar-refractivity contribution >= 4 is 5.91 Å². The van der Waals surface area contributed by atoms with E-state index >= 15 is 0 Å². The van der Waals surface area contributed by atoms with Crippen LogP contribution in [0.5, 0.6) is 11.5 Å². The van der Waals surface area contributed by atoms with E-state index in [0.717, 1.165) is 23.1 Å². The molecule has 3 rings (SSSR count). The van der Waals surface area contributed by atoms with Crippen LogP contribution in [0.2, 0.25) is 0 Å². The van der Waals surface area contributed by atoms with E-state index in [4.69, 9.17) is 9.47 Å². The monoisotopic (exact) mass is 317 g/mol. The van der Waals surface area contributed by atoms with Gasteiger partial charge in [-0.2, -0.15) is 0 Å². The predicted octanol–water partition coefficient (Wildman–Crippen LogP) is 3.19. The summed E-state index contributed by atoms with van der Waals surface area (Å²) < 4.78 is 10.6. The molecule has 4 heteroatoms. The number of carbonyl (C=O) groups excluding carboxylic acids is 1. The van der Waals surface area contributed by atoms with Crippen molar-refractivity contribution in [1.29, 1.82) is 0 Å². The number of rotatable bonds is 6. The number of carbonyl (C=O) groups is 1. The highest BCUT2D eigenvalue weighted by molar-refractivity contribution is 5.79. The highest BCUT2D eigenvalue weighted by Gasteiger charge is 2.42. The Morgan fingerprint density at radius 2 is 2.09 bits per heavy atom. The lowest BCUT2D eigenvalue weighted by Gasteiger charge is -2.28.